The Hall–Kier alpha value is -2.93. The van der Waals surface area contributed by atoms with Crippen molar-refractivity contribution in [1.82, 2.24) is 0 Å². The van der Waals surface area contributed by atoms with Crippen molar-refractivity contribution in [2.75, 3.05) is 6.61 Å². The lowest BCUT2D eigenvalue weighted by atomic mass is 9.76. The van der Waals surface area contributed by atoms with Gasteiger partial charge in [-0.1, -0.05) is 69.0 Å². The fourth-order valence-corrected chi connectivity index (χ4v) is 4.99. The standard InChI is InChI=1S/C27H32FNO5/c1-2-3-4-5-10-15-33-25(32)26(28)17-23(26)27(29,24(30)31)16-20-18-11-6-8-13-21(18)34-22-14-9-7-12-19(20)22/h6-9,11-14,20,23H,2-5,10,15-17,29H2,1H3,(H,30,31)/t23-,26+,27-/m0/s1. The van der Waals surface area contributed by atoms with Gasteiger partial charge in [0.25, 0.3) is 0 Å². The third-order valence-electron chi connectivity index (χ3n) is 7.08. The summed E-state index contributed by atoms with van der Waals surface area (Å²) < 4.78 is 26.7. The topological polar surface area (TPSA) is 98.9 Å². The highest BCUT2D eigenvalue weighted by Crippen LogP contribution is 2.57. The average Bonchev–Trinajstić information content (AvgIpc) is 3.54. The van der Waals surface area contributed by atoms with E-state index in [1.807, 2.05) is 48.5 Å². The molecule has 0 spiro atoms. The number of para-hydroxylation sites is 2. The molecule has 6 nitrogen and oxygen atoms in total. The number of hydrogen-bond donors (Lipinski definition) is 2. The molecule has 182 valence electrons. The highest BCUT2D eigenvalue weighted by molar-refractivity contribution is 5.89. The van der Waals surface area contributed by atoms with Gasteiger partial charge in [-0.2, -0.15) is 0 Å². The number of alkyl halides is 1. The molecule has 0 unspecified atom stereocenters. The Labute approximate surface area is 199 Å². The van der Waals surface area contributed by atoms with Gasteiger partial charge in [0.2, 0.25) is 5.67 Å². The third kappa shape index (κ3) is 4.53. The smallest absolute Gasteiger partial charge is 0.344 e. The van der Waals surface area contributed by atoms with Crippen molar-refractivity contribution >= 4 is 11.9 Å². The van der Waals surface area contributed by atoms with Crippen LogP contribution in [0, 0.1) is 5.92 Å². The summed E-state index contributed by atoms with van der Waals surface area (Å²) in [7, 11) is 0. The molecule has 2 aromatic rings. The molecule has 1 aliphatic carbocycles. The normalized spacial score (nSPS) is 22.6. The molecular formula is C27H32FNO5. The van der Waals surface area contributed by atoms with Crippen LogP contribution in [0.1, 0.15) is 68.9 Å². The minimum atomic E-state index is -2.37. The summed E-state index contributed by atoms with van der Waals surface area (Å²) in [6, 6.07) is 14.7. The quantitative estimate of drug-likeness (QED) is 0.341. The third-order valence-corrected chi connectivity index (χ3v) is 7.08. The van der Waals surface area contributed by atoms with Crippen molar-refractivity contribution in [3.63, 3.8) is 0 Å². The predicted molar refractivity (Wildman–Crippen MR) is 126 cm³/mol. The van der Waals surface area contributed by atoms with Crippen LogP contribution in [0.15, 0.2) is 48.5 Å². The number of esters is 1. The monoisotopic (exact) mass is 469 g/mol. The number of hydrogen-bond acceptors (Lipinski definition) is 5. The minimum Gasteiger partial charge on any atom is -0.480 e. The first-order chi connectivity index (χ1) is 16.3. The minimum absolute atomic E-state index is 0.0691. The number of benzene rings is 2. The lowest BCUT2D eigenvalue weighted by Gasteiger charge is -2.34. The molecule has 1 fully saturated rings. The van der Waals surface area contributed by atoms with Crippen LogP contribution in [0.4, 0.5) is 4.39 Å². The summed E-state index contributed by atoms with van der Waals surface area (Å²) in [6.45, 7) is 2.24. The molecule has 0 aromatic heterocycles. The van der Waals surface area contributed by atoms with E-state index in [1.54, 1.807) is 0 Å². The lowest BCUT2D eigenvalue weighted by Crippen LogP contribution is -2.54. The zero-order valence-electron chi connectivity index (χ0n) is 19.5. The molecule has 4 rings (SSSR count). The van der Waals surface area contributed by atoms with E-state index in [9.17, 15) is 14.7 Å². The second-order valence-electron chi connectivity index (χ2n) is 9.45. The van der Waals surface area contributed by atoms with E-state index in [4.69, 9.17) is 15.2 Å². The van der Waals surface area contributed by atoms with Crippen molar-refractivity contribution in [2.45, 2.75) is 69.0 Å². The predicted octanol–water partition coefficient (Wildman–Crippen LogP) is 5.34. The van der Waals surface area contributed by atoms with E-state index < -0.39 is 35.0 Å². The fourth-order valence-electron chi connectivity index (χ4n) is 4.99. The molecule has 34 heavy (non-hydrogen) atoms. The molecule has 3 N–H and O–H groups in total. The number of rotatable bonds is 11. The van der Waals surface area contributed by atoms with Crippen LogP contribution in [0.3, 0.4) is 0 Å². The summed E-state index contributed by atoms with van der Waals surface area (Å²) >= 11 is 0. The van der Waals surface area contributed by atoms with Gasteiger partial charge >= 0.3 is 11.9 Å². The summed E-state index contributed by atoms with van der Waals surface area (Å²) in [5.41, 5.74) is 3.68. The fraction of sp³-hybridized carbons (Fsp3) is 0.481. The zero-order chi connectivity index (χ0) is 24.3. The van der Waals surface area contributed by atoms with Crippen LogP contribution in [0.2, 0.25) is 0 Å². The van der Waals surface area contributed by atoms with Crippen molar-refractivity contribution in [2.24, 2.45) is 11.7 Å². The van der Waals surface area contributed by atoms with Crippen molar-refractivity contribution < 1.29 is 28.6 Å². The molecule has 2 aliphatic rings. The van der Waals surface area contributed by atoms with E-state index in [-0.39, 0.29) is 19.4 Å². The van der Waals surface area contributed by atoms with Gasteiger partial charge in [0.1, 0.15) is 17.0 Å². The van der Waals surface area contributed by atoms with Crippen LogP contribution in [-0.2, 0) is 14.3 Å². The number of carboxylic acids is 1. The largest absolute Gasteiger partial charge is 0.480 e. The molecule has 1 heterocycles. The van der Waals surface area contributed by atoms with Crippen LogP contribution in [0.25, 0.3) is 0 Å². The Morgan fingerprint density at radius 3 is 2.26 bits per heavy atom. The maximum Gasteiger partial charge on any atom is 0.344 e. The van der Waals surface area contributed by atoms with E-state index in [0.29, 0.717) is 17.9 Å². The number of carbonyl (C=O) groups excluding carboxylic acids is 1. The second-order valence-corrected chi connectivity index (χ2v) is 9.45. The number of carboxylic acid groups (broad SMARTS) is 1. The summed E-state index contributed by atoms with van der Waals surface area (Å²) in [5.74, 6) is -2.68. The molecule has 3 atom stereocenters. The van der Waals surface area contributed by atoms with Gasteiger partial charge in [0.15, 0.2) is 0 Å². The number of ether oxygens (including phenoxy) is 2. The summed E-state index contributed by atoms with van der Waals surface area (Å²) in [4.78, 5) is 24.9. The molecule has 7 heteroatoms. The molecule has 0 saturated heterocycles. The van der Waals surface area contributed by atoms with Gasteiger partial charge in [0.05, 0.1) is 6.61 Å². The average molecular weight is 470 g/mol. The summed E-state index contributed by atoms with van der Waals surface area (Å²) in [6.07, 6.45) is 4.49. The Bertz CT molecular complexity index is 1010. The highest BCUT2D eigenvalue weighted by Gasteiger charge is 2.72. The lowest BCUT2D eigenvalue weighted by molar-refractivity contribution is -0.154. The number of carbonyl (C=O) groups is 2. The van der Waals surface area contributed by atoms with Gasteiger partial charge in [-0.05, 0) is 25.0 Å². The SMILES string of the molecule is CCCCCCCOC(=O)[C@@]1(F)C[C@@H]1[C@@](N)(CC1c2ccccc2Oc2ccccc21)C(=O)O. The van der Waals surface area contributed by atoms with E-state index in [0.717, 1.165) is 36.8 Å². The van der Waals surface area contributed by atoms with Gasteiger partial charge in [-0.15, -0.1) is 0 Å². The Morgan fingerprint density at radius 1 is 1.09 bits per heavy atom. The molecule has 0 bridgehead atoms. The van der Waals surface area contributed by atoms with Crippen molar-refractivity contribution in [3.8, 4) is 11.5 Å². The second kappa shape index (κ2) is 9.74. The molecular weight excluding hydrogens is 437 g/mol. The number of halogens is 1. The van der Waals surface area contributed by atoms with Gasteiger partial charge in [-0.3, -0.25) is 4.79 Å². The maximum absolute atomic E-state index is 15.5. The van der Waals surface area contributed by atoms with Crippen LogP contribution < -0.4 is 10.5 Å². The first kappa shape index (κ1) is 24.2. The number of nitrogens with two attached hydrogens (primary N) is 1. The van der Waals surface area contributed by atoms with Crippen LogP contribution in [-0.4, -0.2) is 34.9 Å². The number of aliphatic carboxylic acids is 1. The van der Waals surface area contributed by atoms with Crippen LogP contribution >= 0.6 is 0 Å². The van der Waals surface area contributed by atoms with Crippen LogP contribution in [0.5, 0.6) is 11.5 Å². The first-order valence-electron chi connectivity index (χ1n) is 12.1. The van der Waals surface area contributed by atoms with Gasteiger partial charge in [0, 0.05) is 29.4 Å². The molecule has 1 aliphatic heterocycles. The van der Waals surface area contributed by atoms with E-state index >= 15 is 4.39 Å². The maximum atomic E-state index is 15.5. The Kier molecular flexibility index (Phi) is 6.94. The highest BCUT2D eigenvalue weighted by atomic mass is 19.1. The Morgan fingerprint density at radius 2 is 1.68 bits per heavy atom. The zero-order valence-corrected chi connectivity index (χ0v) is 19.5. The van der Waals surface area contributed by atoms with Gasteiger partial charge < -0.3 is 20.3 Å². The molecule has 2 aromatic carbocycles. The summed E-state index contributed by atoms with van der Waals surface area (Å²) in [5, 5.41) is 10.1. The first-order valence-corrected chi connectivity index (χ1v) is 12.1. The van der Waals surface area contributed by atoms with Crippen molar-refractivity contribution in [1.29, 1.82) is 0 Å². The molecule has 0 amide bonds. The van der Waals surface area contributed by atoms with Gasteiger partial charge in [-0.25, -0.2) is 9.18 Å². The van der Waals surface area contributed by atoms with Crippen molar-refractivity contribution in [3.05, 3.63) is 59.7 Å². The Balaban J connectivity index is 1.51. The number of unbranched alkanes of at least 4 members (excludes halogenated alkanes) is 4. The number of fused-ring (bicyclic) bond motifs is 2. The molecule has 1 saturated carbocycles. The molecule has 0 radical (unpaired) electrons. The van der Waals surface area contributed by atoms with E-state index in [1.165, 1.54) is 0 Å². The van der Waals surface area contributed by atoms with E-state index in [2.05, 4.69) is 6.92 Å².